The van der Waals surface area contributed by atoms with Gasteiger partial charge in [0.2, 0.25) is 0 Å². The van der Waals surface area contributed by atoms with Crippen LogP contribution in [0.1, 0.15) is 5.56 Å². The lowest BCUT2D eigenvalue weighted by molar-refractivity contribution is -0.129. The number of benzene rings is 1. The molecule has 1 aliphatic heterocycles. The molecule has 1 fully saturated rings. The molecule has 1 aliphatic rings. The molecule has 0 unspecified atom stereocenters. The number of hydrogen-bond acceptors (Lipinski definition) is 3. The van der Waals surface area contributed by atoms with Crippen LogP contribution in [-0.4, -0.2) is 29.3 Å². The highest BCUT2D eigenvalue weighted by molar-refractivity contribution is 6.38. The van der Waals surface area contributed by atoms with Crippen LogP contribution in [-0.2, 0) is 9.59 Å². The van der Waals surface area contributed by atoms with Gasteiger partial charge in [-0.1, -0.05) is 35.3 Å². The second kappa shape index (κ2) is 6.11. The summed E-state index contributed by atoms with van der Waals surface area (Å²) in [6, 6.07) is 4.02. The number of urea groups is 1. The second-order valence-corrected chi connectivity index (χ2v) is 4.97. The van der Waals surface area contributed by atoms with Gasteiger partial charge in [-0.05, 0) is 18.2 Å². The number of carbonyl (C=O) groups excluding carboxylic acids is 3. The minimum absolute atomic E-state index is 0.00839. The van der Waals surface area contributed by atoms with E-state index in [1.165, 1.54) is 12.2 Å². The molecule has 1 N–H and O–H groups in total. The minimum Gasteiger partial charge on any atom is -0.273 e. The van der Waals surface area contributed by atoms with Gasteiger partial charge in [0.15, 0.2) is 0 Å². The lowest BCUT2D eigenvalue weighted by atomic mass is 10.1. The summed E-state index contributed by atoms with van der Waals surface area (Å²) in [4.78, 5) is 36.5. The van der Waals surface area contributed by atoms with Crippen LogP contribution in [0.2, 0.25) is 10.0 Å². The van der Waals surface area contributed by atoms with Gasteiger partial charge in [-0.25, -0.2) is 4.79 Å². The van der Waals surface area contributed by atoms with Crippen molar-refractivity contribution in [3.8, 4) is 0 Å². The molecule has 0 radical (unpaired) electrons. The Hall–Kier alpha value is -2.11. The molecule has 0 aliphatic carbocycles. The van der Waals surface area contributed by atoms with E-state index in [9.17, 15) is 14.4 Å². The summed E-state index contributed by atoms with van der Waals surface area (Å²) in [6.07, 6.45) is 2.65. The van der Waals surface area contributed by atoms with Gasteiger partial charge in [0.1, 0.15) is 5.57 Å². The first-order valence-electron chi connectivity index (χ1n) is 5.89. The van der Waals surface area contributed by atoms with Gasteiger partial charge in [0.05, 0.1) is 0 Å². The molecular weight excluding hydrogens is 315 g/mol. The molecule has 0 spiro atoms. The molecule has 0 aromatic heterocycles. The standard InChI is InChI=1S/C14H10Cl2N2O3/c1-2-6-18-13(20)9(12(19)17-14(18)21)7-8-10(15)4-3-5-11(8)16/h2-5,7H,1,6H2,(H,17,19,21)/b9-7-. The lowest BCUT2D eigenvalue weighted by Crippen LogP contribution is -2.54. The lowest BCUT2D eigenvalue weighted by Gasteiger charge is -2.25. The molecule has 1 saturated heterocycles. The zero-order chi connectivity index (χ0) is 15.6. The van der Waals surface area contributed by atoms with Crippen molar-refractivity contribution in [3.05, 3.63) is 52.0 Å². The molecule has 7 heteroatoms. The fraction of sp³-hybridized carbons (Fsp3) is 0.0714. The molecule has 1 aromatic carbocycles. The molecular formula is C14H10Cl2N2O3. The third-order valence-electron chi connectivity index (χ3n) is 2.79. The first kappa shape index (κ1) is 15.3. The SMILES string of the molecule is C=CCN1C(=O)NC(=O)/C(=C/c2c(Cl)cccc2Cl)C1=O. The van der Waals surface area contributed by atoms with Crippen molar-refractivity contribution in [2.75, 3.05) is 6.54 Å². The van der Waals surface area contributed by atoms with Gasteiger partial charge in [0.25, 0.3) is 11.8 Å². The first-order valence-corrected chi connectivity index (χ1v) is 6.65. The number of carbonyl (C=O) groups is 3. The van der Waals surface area contributed by atoms with Crippen molar-refractivity contribution in [2.24, 2.45) is 0 Å². The van der Waals surface area contributed by atoms with E-state index in [0.717, 1.165) is 4.90 Å². The van der Waals surface area contributed by atoms with Crippen LogP contribution < -0.4 is 5.32 Å². The molecule has 108 valence electrons. The van der Waals surface area contributed by atoms with E-state index >= 15 is 0 Å². The van der Waals surface area contributed by atoms with E-state index < -0.39 is 17.8 Å². The number of nitrogens with one attached hydrogen (secondary N) is 1. The molecule has 4 amide bonds. The first-order chi connectivity index (χ1) is 9.95. The number of imide groups is 2. The summed E-state index contributed by atoms with van der Waals surface area (Å²) in [5.41, 5.74) is 0.124. The molecule has 0 bridgehead atoms. The van der Waals surface area contributed by atoms with E-state index in [-0.39, 0.29) is 12.1 Å². The quantitative estimate of drug-likeness (QED) is 0.528. The van der Waals surface area contributed by atoms with Crippen molar-refractivity contribution >= 4 is 47.1 Å². The largest absolute Gasteiger partial charge is 0.331 e. The highest BCUT2D eigenvalue weighted by atomic mass is 35.5. The number of halogens is 2. The maximum absolute atomic E-state index is 12.2. The molecule has 2 rings (SSSR count). The zero-order valence-corrected chi connectivity index (χ0v) is 12.2. The van der Waals surface area contributed by atoms with Crippen LogP contribution in [0.4, 0.5) is 4.79 Å². The van der Waals surface area contributed by atoms with Gasteiger partial charge < -0.3 is 0 Å². The highest BCUT2D eigenvalue weighted by Gasteiger charge is 2.35. The monoisotopic (exact) mass is 324 g/mol. The van der Waals surface area contributed by atoms with Crippen LogP contribution in [0.5, 0.6) is 0 Å². The zero-order valence-electron chi connectivity index (χ0n) is 10.7. The Bertz CT molecular complexity index is 663. The Morgan fingerprint density at radius 3 is 2.38 bits per heavy atom. The molecule has 0 saturated carbocycles. The van der Waals surface area contributed by atoms with Crippen LogP contribution in [0, 0.1) is 0 Å². The van der Waals surface area contributed by atoms with Crippen molar-refractivity contribution in [1.29, 1.82) is 0 Å². The van der Waals surface area contributed by atoms with Crippen LogP contribution >= 0.6 is 23.2 Å². The number of amides is 4. The van der Waals surface area contributed by atoms with Gasteiger partial charge in [0, 0.05) is 22.2 Å². The number of barbiturate groups is 1. The second-order valence-electron chi connectivity index (χ2n) is 4.16. The summed E-state index contributed by atoms with van der Waals surface area (Å²) >= 11 is 12.0. The number of nitrogens with zero attached hydrogens (tertiary/aromatic N) is 1. The van der Waals surface area contributed by atoms with E-state index in [1.807, 2.05) is 0 Å². The Labute approximate surface area is 130 Å². The maximum atomic E-state index is 12.2. The topological polar surface area (TPSA) is 66.5 Å². The Morgan fingerprint density at radius 1 is 1.19 bits per heavy atom. The van der Waals surface area contributed by atoms with Crippen molar-refractivity contribution < 1.29 is 14.4 Å². The van der Waals surface area contributed by atoms with Crippen molar-refractivity contribution in [2.45, 2.75) is 0 Å². The average Bonchev–Trinajstić information content (AvgIpc) is 2.42. The van der Waals surface area contributed by atoms with E-state index in [2.05, 4.69) is 11.9 Å². The maximum Gasteiger partial charge on any atom is 0.331 e. The molecule has 1 heterocycles. The normalized spacial score (nSPS) is 17.1. The highest BCUT2D eigenvalue weighted by Crippen LogP contribution is 2.27. The summed E-state index contributed by atoms with van der Waals surface area (Å²) in [6.45, 7) is 3.45. The Morgan fingerprint density at radius 2 is 1.81 bits per heavy atom. The fourth-order valence-electron chi connectivity index (χ4n) is 1.78. The summed E-state index contributed by atoms with van der Waals surface area (Å²) in [7, 11) is 0. The van der Waals surface area contributed by atoms with Crippen molar-refractivity contribution in [3.63, 3.8) is 0 Å². The number of hydrogen-bond donors (Lipinski definition) is 1. The van der Waals surface area contributed by atoms with Gasteiger partial charge in [-0.3, -0.25) is 19.8 Å². The average molecular weight is 325 g/mol. The predicted octanol–water partition coefficient (Wildman–Crippen LogP) is 2.64. The van der Waals surface area contributed by atoms with E-state index in [4.69, 9.17) is 23.2 Å². The molecule has 0 atom stereocenters. The Kier molecular flexibility index (Phi) is 4.45. The third-order valence-corrected chi connectivity index (χ3v) is 3.45. The summed E-state index contributed by atoms with van der Waals surface area (Å²) in [5.74, 6) is -1.51. The third kappa shape index (κ3) is 2.99. The van der Waals surface area contributed by atoms with E-state index in [0.29, 0.717) is 15.6 Å². The van der Waals surface area contributed by atoms with Gasteiger partial charge in [-0.2, -0.15) is 0 Å². The van der Waals surface area contributed by atoms with Crippen LogP contribution in [0.25, 0.3) is 6.08 Å². The molecule has 5 nitrogen and oxygen atoms in total. The van der Waals surface area contributed by atoms with Gasteiger partial charge >= 0.3 is 6.03 Å². The van der Waals surface area contributed by atoms with Crippen molar-refractivity contribution in [1.82, 2.24) is 10.2 Å². The fourth-order valence-corrected chi connectivity index (χ4v) is 2.29. The van der Waals surface area contributed by atoms with Crippen LogP contribution in [0.3, 0.4) is 0 Å². The smallest absolute Gasteiger partial charge is 0.273 e. The molecule has 1 aromatic rings. The van der Waals surface area contributed by atoms with Crippen LogP contribution in [0.15, 0.2) is 36.4 Å². The predicted molar refractivity (Wildman–Crippen MR) is 79.9 cm³/mol. The summed E-state index contributed by atoms with van der Waals surface area (Å²) < 4.78 is 0. The van der Waals surface area contributed by atoms with Gasteiger partial charge in [-0.15, -0.1) is 6.58 Å². The minimum atomic E-state index is -0.790. The molecule has 21 heavy (non-hydrogen) atoms. The van der Waals surface area contributed by atoms with E-state index in [1.54, 1.807) is 18.2 Å². The Balaban J connectivity index is 2.48. The number of rotatable bonds is 3. The summed E-state index contributed by atoms with van der Waals surface area (Å²) in [5, 5.41) is 2.67.